The molecule has 0 aromatic carbocycles. The van der Waals surface area contributed by atoms with Gasteiger partial charge in [-0.3, -0.25) is 4.79 Å². The number of esters is 2. The summed E-state index contributed by atoms with van der Waals surface area (Å²) in [5, 5.41) is 0. The fourth-order valence-electron chi connectivity index (χ4n) is 0.464. The molecule has 0 saturated heterocycles. The zero-order chi connectivity index (χ0) is 9.56. The van der Waals surface area contributed by atoms with E-state index in [9.17, 15) is 9.59 Å². The van der Waals surface area contributed by atoms with Crippen LogP contribution in [-0.2, 0) is 19.1 Å². The quantitative estimate of drug-likeness (QED) is 0.362. The number of ether oxygens (including phenoxy) is 2. The molecule has 0 aromatic rings. The van der Waals surface area contributed by atoms with Crippen molar-refractivity contribution in [3.63, 3.8) is 0 Å². The molecule has 0 aliphatic rings. The minimum Gasteiger partial charge on any atom is -0.463 e. The van der Waals surface area contributed by atoms with Gasteiger partial charge in [0.15, 0.2) is 0 Å². The van der Waals surface area contributed by atoms with E-state index in [2.05, 4.69) is 9.47 Å². The highest BCUT2D eigenvalue weighted by molar-refractivity contribution is 5.87. The molecule has 12 heavy (non-hydrogen) atoms. The summed E-state index contributed by atoms with van der Waals surface area (Å²) in [6.45, 7) is 4.79. The minimum atomic E-state index is -0.473. The molecule has 0 amide bonds. The first-order valence-electron chi connectivity index (χ1n) is 3.59. The van der Waals surface area contributed by atoms with Gasteiger partial charge in [-0.2, -0.15) is 0 Å². The van der Waals surface area contributed by atoms with Crippen molar-refractivity contribution in [1.82, 2.24) is 0 Å². The SMILES string of the molecule is CCOC(=O)C(C)=COC(C)=O. The van der Waals surface area contributed by atoms with Crippen LogP contribution in [0.15, 0.2) is 11.8 Å². The van der Waals surface area contributed by atoms with E-state index in [4.69, 9.17) is 0 Å². The highest BCUT2D eigenvalue weighted by atomic mass is 16.5. The van der Waals surface area contributed by atoms with Crippen molar-refractivity contribution in [2.24, 2.45) is 0 Å². The topological polar surface area (TPSA) is 52.6 Å². The van der Waals surface area contributed by atoms with Crippen LogP contribution in [0.3, 0.4) is 0 Å². The summed E-state index contributed by atoms with van der Waals surface area (Å²) in [6.07, 6.45) is 1.08. The summed E-state index contributed by atoms with van der Waals surface area (Å²) >= 11 is 0. The van der Waals surface area contributed by atoms with Crippen LogP contribution in [-0.4, -0.2) is 18.5 Å². The predicted molar refractivity (Wildman–Crippen MR) is 42.2 cm³/mol. The summed E-state index contributed by atoms with van der Waals surface area (Å²) in [5.74, 6) is -0.933. The molecular weight excluding hydrogens is 160 g/mol. The van der Waals surface area contributed by atoms with Crippen LogP contribution in [0.5, 0.6) is 0 Å². The highest BCUT2D eigenvalue weighted by Gasteiger charge is 2.04. The van der Waals surface area contributed by atoms with Gasteiger partial charge in [0.2, 0.25) is 0 Å². The second-order valence-corrected chi connectivity index (χ2v) is 2.13. The summed E-state index contributed by atoms with van der Waals surface area (Å²) in [7, 11) is 0. The summed E-state index contributed by atoms with van der Waals surface area (Å²) < 4.78 is 9.11. The first-order valence-corrected chi connectivity index (χ1v) is 3.59. The van der Waals surface area contributed by atoms with Gasteiger partial charge < -0.3 is 9.47 Å². The number of hydrogen-bond donors (Lipinski definition) is 0. The van der Waals surface area contributed by atoms with Gasteiger partial charge in [0, 0.05) is 6.92 Å². The lowest BCUT2D eigenvalue weighted by Crippen LogP contribution is -2.06. The first-order chi connectivity index (χ1) is 5.57. The Morgan fingerprint density at radius 2 is 1.92 bits per heavy atom. The van der Waals surface area contributed by atoms with Gasteiger partial charge in [-0.05, 0) is 13.8 Å². The monoisotopic (exact) mass is 172 g/mol. The Bertz CT molecular complexity index is 205. The second-order valence-electron chi connectivity index (χ2n) is 2.13. The zero-order valence-electron chi connectivity index (χ0n) is 7.42. The molecule has 0 saturated carbocycles. The van der Waals surface area contributed by atoms with Gasteiger partial charge >= 0.3 is 11.9 Å². The van der Waals surface area contributed by atoms with Gasteiger partial charge in [0.25, 0.3) is 0 Å². The Hall–Kier alpha value is -1.32. The summed E-state index contributed by atoms with van der Waals surface area (Å²) in [6, 6.07) is 0. The van der Waals surface area contributed by atoms with Crippen LogP contribution in [0.4, 0.5) is 0 Å². The smallest absolute Gasteiger partial charge is 0.336 e. The van der Waals surface area contributed by atoms with Crippen LogP contribution in [0.2, 0.25) is 0 Å². The molecule has 0 unspecified atom stereocenters. The van der Waals surface area contributed by atoms with Gasteiger partial charge in [0.1, 0.15) is 6.26 Å². The molecule has 0 bridgehead atoms. The third kappa shape index (κ3) is 4.49. The second kappa shape index (κ2) is 5.35. The van der Waals surface area contributed by atoms with Crippen molar-refractivity contribution in [2.45, 2.75) is 20.8 Å². The van der Waals surface area contributed by atoms with E-state index in [0.717, 1.165) is 6.26 Å². The highest BCUT2D eigenvalue weighted by Crippen LogP contribution is 1.96. The van der Waals surface area contributed by atoms with Gasteiger partial charge in [-0.25, -0.2) is 4.79 Å². The molecule has 0 aliphatic heterocycles. The molecule has 0 rings (SSSR count). The summed E-state index contributed by atoms with van der Waals surface area (Å²) in [5.41, 5.74) is 0.270. The fourth-order valence-corrected chi connectivity index (χ4v) is 0.464. The number of rotatable bonds is 3. The van der Waals surface area contributed by atoms with Crippen molar-refractivity contribution in [1.29, 1.82) is 0 Å². The molecule has 0 aliphatic carbocycles. The van der Waals surface area contributed by atoms with Crippen LogP contribution >= 0.6 is 0 Å². The van der Waals surface area contributed by atoms with Crippen LogP contribution in [0.1, 0.15) is 20.8 Å². The van der Waals surface area contributed by atoms with Crippen LogP contribution in [0, 0.1) is 0 Å². The van der Waals surface area contributed by atoms with E-state index >= 15 is 0 Å². The third-order valence-corrected chi connectivity index (χ3v) is 0.999. The molecule has 0 radical (unpaired) electrons. The molecular formula is C8H12O4. The number of carbonyl (C=O) groups excluding carboxylic acids is 2. The standard InChI is InChI=1S/C8H12O4/c1-4-11-8(10)6(2)5-12-7(3)9/h5H,4H2,1-3H3. The number of carbonyl (C=O) groups is 2. The largest absolute Gasteiger partial charge is 0.463 e. The normalized spacial score (nSPS) is 10.8. The Morgan fingerprint density at radius 1 is 1.33 bits per heavy atom. The molecule has 4 nitrogen and oxygen atoms in total. The van der Waals surface area contributed by atoms with E-state index in [1.54, 1.807) is 6.92 Å². The molecule has 0 spiro atoms. The molecule has 68 valence electrons. The molecule has 0 fully saturated rings. The Morgan fingerprint density at radius 3 is 2.33 bits per heavy atom. The maximum absolute atomic E-state index is 10.9. The van der Waals surface area contributed by atoms with Gasteiger partial charge in [0.05, 0.1) is 12.2 Å². The average molecular weight is 172 g/mol. The van der Waals surface area contributed by atoms with E-state index in [1.165, 1.54) is 13.8 Å². The Balaban J connectivity index is 3.99. The molecule has 0 N–H and O–H groups in total. The van der Waals surface area contributed by atoms with Crippen LogP contribution < -0.4 is 0 Å². The third-order valence-electron chi connectivity index (χ3n) is 0.999. The lowest BCUT2D eigenvalue weighted by molar-refractivity contribution is -0.139. The lowest BCUT2D eigenvalue weighted by atomic mass is 10.3. The number of hydrogen-bond acceptors (Lipinski definition) is 4. The Kier molecular flexibility index (Phi) is 4.76. The maximum Gasteiger partial charge on any atom is 0.336 e. The van der Waals surface area contributed by atoms with Crippen LogP contribution in [0.25, 0.3) is 0 Å². The lowest BCUT2D eigenvalue weighted by Gasteiger charge is -2.00. The first kappa shape index (κ1) is 10.7. The van der Waals surface area contributed by atoms with E-state index in [0.29, 0.717) is 6.61 Å². The average Bonchev–Trinajstić information content (AvgIpc) is 2.00. The van der Waals surface area contributed by atoms with Crippen molar-refractivity contribution >= 4 is 11.9 Å². The van der Waals surface area contributed by atoms with Gasteiger partial charge in [-0.1, -0.05) is 0 Å². The zero-order valence-corrected chi connectivity index (χ0v) is 7.42. The van der Waals surface area contributed by atoms with E-state index < -0.39 is 11.9 Å². The van der Waals surface area contributed by atoms with Crippen molar-refractivity contribution in [2.75, 3.05) is 6.61 Å². The van der Waals surface area contributed by atoms with E-state index in [-0.39, 0.29) is 5.57 Å². The van der Waals surface area contributed by atoms with E-state index in [1.807, 2.05) is 0 Å². The Labute approximate surface area is 71.2 Å². The fraction of sp³-hybridized carbons (Fsp3) is 0.500. The maximum atomic E-state index is 10.9. The molecule has 0 heterocycles. The molecule has 4 heteroatoms. The predicted octanol–water partition coefficient (Wildman–Crippen LogP) is 1.02. The molecule has 0 atom stereocenters. The van der Waals surface area contributed by atoms with Gasteiger partial charge in [-0.15, -0.1) is 0 Å². The summed E-state index contributed by atoms with van der Waals surface area (Å²) in [4.78, 5) is 21.2. The van der Waals surface area contributed by atoms with Crippen molar-refractivity contribution in [3.05, 3.63) is 11.8 Å². The minimum absolute atomic E-state index is 0.270. The molecule has 0 aromatic heterocycles. The van der Waals surface area contributed by atoms with Crippen molar-refractivity contribution in [3.8, 4) is 0 Å². The van der Waals surface area contributed by atoms with Crippen molar-refractivity contribution < 1.29 is 19.1 Å².